The predicted octanol–water partition coefficient (Wildman–Crippen LogP) is 2.72. The lowest BCUT2D eigenvalue weighted by Gasteiger charge is -2.47. The van der Waals surface area contributed by atoms with Gasteiger partial charge in [0.05, 0.1) is 11.2 Å². The fourth-order valence-corrected chi connectivity index (χ4v) is 4.40. The van der Waals surface area contributed by atoms with Crippen LogP contribution in [0.1, 0.15) is 60.3 Å². The van der Waals surface area contributed by atoms with E-state index in [0.717, 1.165) is 12.8 Å². The molecule has 2 heteroatoms. The van der Waals surface area contributed by atoms with E-state index in [1.54, 1.807) is 13.8 Å². The second-order valence-electron chi connectivity index (χ2n) is 7.51. The smallest absolute Gasteiger partial charge is 0.0736 e. The molecule has 2 N–H and O–H groups in total. The van der Waals surface area contributed by atoms with E-state index >= 15 is 0 Å². The quantitative estimate of drug-likeness (QED) is 0.760. The fraction of sp³-hybridized carbons (Fsp3) is 1.00. The molecule has 0 heterocycles. The molecule has 2 aliphatic rings. The monoisotopic (exact) mass is 226 g/mol. The van der Waals surface area contributed by atoms with Crippen molar-refractivity contribution in [1.29, 1.82) is 0 Å². The zero-order valence-electron chi connectivity index (χ0n) is 11.3. The number of aliphatic hydroxyl groups is 2. The van der Waals surface area contributed by atoms with Crippen molar-refractivity contribution < 1.29 is 10.2 Å². The minimum atomic E-state index is -0.779. The van der Waals surface area contributed by atoms with Gasteiger partial charge in [-0.2, -0.15) is 0 Å². The normalized spacial score (nSPS) is 46.3. The molecule has 2 rings (SSSR count). The molecule has 0 aromatic carbocycles. The van der Waals surface area contributed by atoms with Gasteiger partial charge in [0.25, 0.3) is 0 Å². The van der Waals surface area contributed by atoms with Gasteiger partial charge < -0.3 is 10.2 Å². The number of fused-ring (bicyclic) bond motifs is 2. The van der Waals surface area contributed by atoms with E-state index in [2.05, 4.69) is 20.8 Å². The average molecular weight is 226 g/mol. The van der Waals surface area contributed by atoms with Crippen molar-refractivity contribution in [2.75, 3.05) is 0 Å². The van der Waals surface area contributed by atoms with E-state index < -0.39 is 11.2 Å². The number of hydrogen-bond acceptors (Lipinski definition) is 2. The van der Waals surface area contributed by atoms with Crippen molar-refractivity contribution in [1.82, 2.24) is 0 Å². The molecule has 0 amide bonds. The van der Waals surface area contributed by atoms with Gasteiger partial charge in [0.2, 0.25) is 0 Å². The third-order valence-corrected chi connectivity index (χ3v) is 5.77. The fourth-order valence-electron chi connectivity index (χ4n) is 4.40. The van der Waals surface area contributed by atoms with Crippen LogP contribution in [0.3, 0.4) is 0 Å². The predicted molar refractivity (Wildman–Crippen MR) is 65.1 cm³/mol. The van der Waals surface area contributed by atoms with Crippen LogP contribution < -0.4 is 0 Å². The largest absolute Gasteiger partial charge is 0.390 e. The number of hydrogen-bond donors (Lipinski definition) is 2. The van der Waals surface area contributed by atoms with Crippen LogP contribution in [0, 0.1) is 16.7 Å². The van der Waals surface area contributed by atoms with Crippen LogP contribution in [0.4, 0.5) is 0 Å². The molecule has 0 aromatic rings. The van der Waals surface area contributed by atoms with Gasteiger partial charge in [-0.3, -0.25) is 0 Å². The van der Waals surface area contributed by atoms with Gasteiger partial charge in [0.1, 0.15) is 0 Å². The van der Waals surface area contributed by atoms with Crippen LogP contribution in [0.15, 0.2) is 0 Å². The van der Waals surface area contributed by atoms with E-state index in [1.807, 2.05) is 0 Å². The summed E-state index contributed by atoms with van der Waals surface area (Å²) in [7, 11) is 0. The van der Waals surface area contributed by atoms with Gasteiger partial charge in [-0.15, -0.1) is 0 Å². The number of rotatable bonds is 2. The topological polar surface area (TPSA) is 40.5 Å². The molecule has 16 heavy (non-hydrogen) atoms. The minimum absolute atomic E-state index is 0.0370. The highest BCUT2D eigenvalue weighted by Crippen LogP contribution is 2.70. The lowest BCUT2D eigenvalue weighted by molar-refractivity contribution is -0.130. The Kier molecular flexibility index (Phi) is 2.34. The van der Waals surface area contributed by atoms with Crippen LogP contribution in [0.2, 0.25) is 0 Å². The molecule has 0 spiro atoms. The van der Waals surface area contributed by atoms with Crippen LogP contribution >= 0.6 is 0 Å². The lowest BCUT2D eigenvalue weighted by Crippen LogP contribution is -2.50. The molecular formula is C14H26O2. The van der Waals surface area contributed by atoms with Crippen molar-refractivity contribution >= 4 is 0 Å². The molecule has 2 nitrogen and oxygen atoms in total. The lowest BCUT2D eigenvalue weighted by atomic mass is 9.62. The maximum absolute atomic E-state index is 11.0. The van der Waals surface area contributed by atoms with Crippen molar-refractivity contribution in [2.45, 2.75) is 71.5 Å². The summed E-state index contributed by atoms with van der Waals surface area (Å²) >= 11 is 0. The average Bonchev–Trinajstić information content (AvgIpc) is 2.32. The van der Waals surface area contributed by atoms with Gasteiger partial charge in [-0.05, 0) is 44.4 Å². The van der Waals surface area contributed by atoms with Gasteiger partial charge >= 0.3 is 0 Å². The Morgan fingerprint density at radius 1 is 1.25 bits per heavy atom. The van der Waals surface area contributed by atoms with Crippen molar-refractivity contribution in [3.8, 4) is 0 Å². The summed E-state index contributed by atoms with van der Waals surface area (Å²) in [5.41, 5.74) is -1.30. The molecule has 0 aromatic heterocycles. The Labute approximate surface area is 99.1 Å². The summed E-state index contributed by atoms with van der Waals surface area (Å²) < 4.78 is 0. The highest BCUT2D eigenvalue weighted by Gasteiger charge is 2.68. The third-order valence-electron chi connectivity index (χ3n) is 5.77. The summed E-state index contributed by atoms with van der Waals surface area (Å²) in [4.78, 5) is 0. The second kappa shape index (κ2) is 3.02. The molecule has 3 atom stereocenters. The van der Waals surface area contributed by atoms with E-state index in [-0.39, 0.29) is 10.8 Å². The molecule has 2 saturated carbocycles. The zero-order chi connectivity index (χ0) is 12.4. The second-order valence-corrected chi connectivity index (χ2v) is 7.51. The maximum Gasteiger partial charge on any atom is 0.0736 e. The molecule has 0 aliphatic heterocycles. The Morgan fingerprint density at radius 2 is 1.81 bits per heavy atom. The van der Waals surface area contributed by atoms with Gasteiger partial charge in [0.15, 0.2) is 0 Å². The summed E-state index contributed by atoms with van der Waals surface area (Å²) in [5, 5.41) is 20.9. The SMILES string of the molecule is CC(C)(O)CC1(O)CC2CCC1(C)C2(C)C. The highest BCUT2D eigenvalue weighted by molar-refractivity contribution is 5.18. The first-order valence-corrected chi connectivity index (χ1v) is 6.47. The Morgan fingerprint density at radius 3 is 2.12 bits per heavy atom. The molecule has 0 saturated heterocycles. The van der Waals surface area contributed by atoms with Crippen LogP contribution in [-0.4, -0.2) is 21.4 Å². The molecule has 2 fully saturated rings. The Balaban J connectivity index is 2.33. The van der Waals surface area contributed by atoms with E-state index in [1.165, 1.54) is 6.42 Å². The Bertz CT molecular complexity index is 302. The van der Waals surface area contributed by atoms with E-state index in [4.69, 9.17) is 0 Å². The molecular weight excluding hydrogens is 200 g/mol. The van der Waals surface area contributed by atoms with Gasteiger partial charge in [-0.1, -0.05) is 20.8 Å². The van der Waals surface area contributed by atoms with E-state index in [9.17, 15) is 10.2 Å². The summed E-state index contributed by atoms with van der Waals surface area (Å²) in [5.74, 6) is 0.616. The van der Waals surface area contributed by atoms with E-state index in [0.29, 0.717) is 12.3 Å². The maximum atomic E-state index is 11.0. The molecule has 3 unspecified atom stereocenters. The first-order valence-electron chi connectivity index (χ1n) is 6.47. The standard InChI is InChI=1S/C14H26O2/c1-11(2,15)9-14(16)8-10-6-7-13(14,5)12(10,3)4/h10,15-16H,6-9H2,1-5H3. The van der Waals surface area contributed by atoms with Crippen molar-refractivity contribution in [3.05, 3.63) is 0 Å². The van der Waals surface area contributed by atoms with Crippen LogP contribution in [-0.2, 0) is 0 Å². The summed E-state index contributed by atoms with van der Waals surface area (Å²) in [6.45, 7) is 10.4. The molecule has 94 valence electrons. The first-order chi connectivity index (χ1) is 7.02. The van der Waals surface area contributed by atoms with Gasteiger partial charge in [-0.25, -0.2) is 0 Å². The minimum Gasteiger partial charge on any atom is -0.390 e. The molecule has 0 radical (unpaired) electrons. The Hall–Kier alpha value is -0.0800. The van der Waals surface area contributed by atoms with Gasteiger partial charge in [0, 0.05) is 11.8 Å². The van der Waals surface area contributed by atoms with Crippen molar-refractivity contribution in [3.63, 3.8) is 0 Å². The van der Waals surface area contributed by atoms with Crippen molar-refractivity contribution in [2.24, 2.45) is 16.7 Å². The van der Waals surface area contributed by atoms with Crippen LogP contribution in [0.25, 0.3) is 0 Å². The highest BCUT2D eigenvalue weighted by atomic mass is 16.3. The molecule has 2 bridgehead atoms. The first kappa shape index (κ1) is 12.4. The molecule has 2 aliphatic carbocycles. The third kappa shape index (κ3) is 1.39. The summed E-state index contributed by atoms with van der Waals surface area (Å²) in [6, 6.07) is 0. The zero-order valence-corrected chi connectivity index (χ0v) is 11.3. The summed E-state index contributed by atoms with van der Waals surface area (Å²) in [6.07, 6.45) is 3.69. The van der Waals surface area contributed by atoms with Crippen LogP contribution in [0.5, 0.6) is 0 Å².